The second-order valence-corrected chi connectivity index (χ2v) is 6.02. The molecule has 0 heterocycles. The lowest BCUT2D eigenvalue weighted by Crippen LogP contribution is -2.38. The van der Waals surface area contributed by atoms with Crippen molar-refractivity contribution in [1.82, 2.24) is 5.32 Å². The molecule has 0 aliphatic carbocycles. The third-order valence-corrected chi connectivity index (χ3v) is 3.85. The molecule has 0 aliphatic rings. The van der Waals surface area contributed by atoms with Crippen LogP contribution in [-0.4, -0.2) is 30.8 Å². The van der Waals surface area contributed by atoms with E-state index in [9.17, 15) is 18.8 Å². The predicted molar refractivity (Wildman–Crippen MR) is 102 cm³/mol. The predicted octanol–water partition coefficient (Wildman–Crippen LogP) is 2.50. The lowest BCUT2D eigenvalue weighted by atomic mass is 10.1. The number of benzene rings is 2. The van der Waals surface area contributed by atoms with Crippen molar-refractivity contribution in [2.45, 2.75) is 20.3 Å². The van der Waals surface area contributed by atoms with Gasteiger partial charge in [-0.05, 0) is 35.9 Å². The molecule has 0 unspecified atom stereocenters. The van der Waals surface area contributed by atoms with Crippen molar-refractivity contribution in [1.29, 1.82) is 0 Å². The fourth-order valence-electron chi connectivity index (χ4n) is 2.58. The van der Waals surface area contributed by atoms with Gasteiger partial charge in [-0.2, -0.15) is 0 Å². The SMILES string of the molecule is CC(=O)Nc1ccc(N(CCNC(=O)Cc2ccccc2F)C(C)=O)cc1. The van der Waals surface area contributed by atoms with E-state index in [1.54, 1.807) is 42.5 Å². The summed E-state index contributed by atoms with van der Waals surface area (Å²) in [6, 6.07) is 12.9. The van der Waals surface area contributed by atoms with Gasteiger partial charge in [0.2, 0.25) is 17.7 Å². The maximum atomic E-state index is 13.6. The van der Waals surface area contributed by atoms with Crippen LogP contribution in [0.1, 0.15) is 19.4 Å². The van der Waals surface area contributed by atoms with Crippen LogP contribution < -0.4 is 15.5 Å². The van der Waals surface area contributed by atoms with Gasteiger partial charge in [0.15, 0.2) is 0 Å². The summed E-state index contributed by atoms with van der Waals surface area (Å²) in [4.78, 5) is 36.5. The van der Waals surface area contributed by atoms with Crippen LogP contribution >= 0.6 is 0 Å². The topological polar surface area (TPSA) is 78.5 Å². The molecule has 2 aromatic carbocycles. The van der Waals surface area contributed by atoms with Crippen LogP contribution in [0.3, 0.4) is 0 Å². The van der Waals surface area contributed by atoms with E-state index in [4.69, 9.17) is 0 Å². The second-order valence-electron chi connectivity index (χ2n) is 6.02. The fraction of sp³-hybridized carbons (Fsp3) is 0.250. The first kappa shape index (κ1) is 20.1. The minimum Gasteiger partial charge on any atom is -0.354 e. The van der Waals surface area contributed by atoms with Crippen LogP contribution in [0.4, 0.5) is 15.8 Å². The van der Waals surface area contributed by atoms with E-state index in [1.165, 1.54) is 24.8 Å². The lowest BCUT2D eigenvalue weighted by Gasteiger charge is -2.21. The minimum atomic E-state index is -0.419. The van der Waals surface area contributed by atoms with Crippen molar-refractivity contribution in [2.24, 2.45) is 0 Å². The van der Waals surface area contributed by atoms with E-state index in [2.05, 4.69) is 10.6 Å². The molecule has 0 saturated carbocycles. The third kappa shape index (κ3) is 6.22. The molecule has 2 N–H and O–H groups in total. The quantitative estimate of drug-likeness (QED) is 0.785. The van der Waals surface area contributed by atoms with Crippen LogP contribution in [0, 0.1) is 5.82 Å². The van der Waals surface area contributed by atoms with Crippen molar-refractivity contribution < 1.29 is 18.8 Å². The number of hydrogen-bond donors (Lipinski definition) is 2. The molecule has 0 aliphatic heterocycles. The summed E-state index contributed by atoms with van der Waals surface area (Å²) in [5, 5.41) is 5.35. The van der Waals surface area contributed by atoms with E-state index < -0.39 is 5.82 Å². The number of carbonyl (C=O) groups excluding carboxylic acids is 3. The molecule has 0 spiro atoms. The van der Waals surface area contributed by atoms with E-state index in [0.29, 0.717) is 16.9 Å². The van der Waals surface area contributed by atoms with Crippen LogP contribution in [0.25, 0.3) is 0 Å². The number of nitrogens with one attached hydrogen (secondary N) is 2. The third-order valence-electron chi connectivity index (χ3n) is 3.85. The van der Waals surface area contributed by atoms with Gasteiger partial charge in [-0.3, -0.25) is 14.4 Å². The maximum absolute atomic E-state index is 13.6. The molecule has 0 saturated heterocycles. The summed E-state index contributed by atoms with van der Waals surface area (Å²) in [6.45, 7) is 3.36. The Kier molecular flexibility index (Phi) is 7.05. The molecule has 0 bridgehead atoms. The molecular weight excluding hydrogens is 349 g/mol. The van der Waals surface area contributed by atoms with Gasteiger partial charge in [0.1, 0.15) is 5.82 Å². The minimum absolute atomic E-state index is 0.0574. The van der Waals surface area contributed by atoms with Crippen molar-refractivity contribution in [3.05, 3.63) is 59.9 Å². The molecule has 6 nitrogen and oxygen atoms in total. The molecule has 0 atom stereocenters. The molecule has 0 fully saturated rings. The van der Waals surface area contributed by atoms with Crippen LogP contribution in [-0.2, 0) is 20.8 Å². The standard InChI is InChI=1S/C20H22FN3O3/c1-14(25)23-17-7-9-18(10-8-17)24(15(2)26)12-11-22-20(27)13-16-5-3-4-6-19(16)21/h3-10H,11-13H2,1-2H3,(H,22,27)(H,23,25). The summed E-state index contributed by atoms with van der Waals surface area (Å²) in [5.41, 5.74) is 1.61. The molecule has 2 rings (SSSR count). The van der Waals surface area contributed by atoms with Crippen molar-refractivity contribution in [2.75, 3.05) is 23.3 Å². The van der Waals surface area contributed by atoms with Gasteiger partial charge in [0.25, 0.3) is 0 Å². The highest BCUT2D eigenvalue weighted by Gasteiger charge is 2.13. The summed E-state index contributed by atoms with van der Waals surface area (Å²) in [7, 11) is 0. The first-order chi connectivity index (χ1) is 12.9. The van der Waals surface area contributed by atoms with Crippen molar-refractivity contribution >= 4 is 29.1 Å². The van der Waals surface area contributed by atoms with Crippen LogP contribution in [0.5, 0.6) is 0 Å². The highest BCUT2D eigenvalue weighted by molar-refractivity contribution is 5.93. The number of rotatable bonds is 7. The van der Waals surface area contributed by atoms with Gasteiger partial charge in [0.05, 0.1) is 6.42 Å². The number of carbonyl (C=O) groups is 3. The van der Waals surface area contributed by atoms with Gasteiger partial charge in [-0.25, -0.2) is 4.39 Å². The van der Waals surface area contributed by atoms with E-state index in [-0.39, 0.29) is 37.2 Å². The highest BCUT2D eigenvalue weighted by Crippen LogP contribution is 2.18. The van der Waals surface area contributed by atoms with Crippen molar-refractivity contribution in [3.63, 3.8) is 0 Å². The Balaban J connectivity index is 1.91. The Morgan fingerprint density at radius 3 is 2.26 bits per heavy atom. The monoisotopic (exact) mass is 371 g/mol. The Morgan fingerprint density at radius 2 is 1.67 bits per heavy atom. The molecular formula is C20H22FN3O3. The number of nitrogens with zero attached hydrogens (tertiary/aromatic N) is 1. The largest absolute Gasteiger partial charge is 0.354 e. The summed E-state index contributed by atoms with van der Waals surface area (Å²) >= 11 is 0. The molecule has 2 aromatic rings. The maximum Gasteiger partial charge on any atom is 0.224 e. The Labute approximate surface area is 157 Å². The second kappa shape index (κ2) is 9.47. The number of halogens is 1. The average Bonchev–Trinajstić information content (AvgIpc) is 2.61. The van der Waals surface area contributed by atoms with E-state index in [1.807, 2.05) is 0 Å². The average molecular weight is 371 g/mol. The molecule has 3 amide bonds. The Morgan fingerprint density at radius 1 is 1.00 bits per heavy atom. The molecule has 27 heavy (non-hydrogen) atoms. The van der Waals surface area contributed by atoms with E-state index >= 15 is 0 Å². The van der Waals surface area contributed by atoms with Gasteiger partial charge in [0, 0.05) is 38.3 Å². The van der Waals surface area contributed by atoms with Gasteiger partial charge in [-0.1, -0.05) is 18.2 Å². The van der Waals surface area contributed by atoms with Crippen molar-refractivity contribution in [3.8, 4) is 0 Å². The normalized spacial score (nSPS) is 10.2. The number of hydrogen-bond acceptors (Lipinski definition) is 3. The van der Waals surface area contributed by atoms with Gasteiger partial charge in [-0.15, -0.1) is 0 Å². The zero-order valence-electron chi connectivity index (χ0n) is 15.3. The number of anilines is 2. The summed E-state index contributed by atoms with van der Waals surface area (Å²) < 4.78 is 13.6. The zero-order valence-corrected chi connectivity index (χ0v) is 15.3. The summed E-state index contributed by atoms with van der Waals surface area (Å²) in [5.74, 6) is -1.09. The summed E-state index contributed by atoms with van der Waals surface area (Å²) in [6.07, 6.45) is -0.0574. The van der Waals surface area contributed by atoms with Gasteiger partial charge < -0.3 is 15.5 Å². The molecule has 0 aromatic heterocycles. The molecule has 7 heteroatoms. The first-order valence-corrected chi connectivity index (χ1v) is 8.52. The molecule has 142 valence electrons. The molecule has 0 radical (unpaired) electrons. The highest BCUT2D eigenvalue weighted by atomic mass is 19.1. The van der Waals surface area contributed by atoms with Crippen LogP contribution in [0.15, 0.2) is 48.5 Å². The van der Waals surface area contributed by atoms with Gasteiger partial charge >= 0.3 is 0 Å². The smallest absolute Gasteiger partial charge is 0.224 e. The number of amides is 3. The van der Waals surface area contributed by atoms with E-state index in [0.717, 1.165) is 0 Å². The lowest BCUT2D eigenvalue weighted by molar-refractivity contribution is -0.121. The van der Waals surface area contributed by atoms with Crippen LogP contribution in [0.2, 0.25) is 0 Å². The zero-order chi connectivity index (χ0) is 19.8. The fourth-order valence-corrected chi connectivity index (χ4v) is 2.58. The first-order valence-electron chi connectivity index (χ1n) is 8.52. The Bertz CT molecular complexity index is 821. The Hall–Kier alpha value is -3.22.